The molecule has 0 N–H and O–H groups in total. The van der Waals surface area contributed by atoms with Gasteiger partial charge in [-0.1, -0.05) is 0 Å². The van der Waals surface area contributed by atoms with E-state index in [9.17, 15) is 0 Å². The average molecular weight is 213 g/mol. The van der Waals surface area contributed by atoms with Crippen molar-refractivity contribution in [2.75, 3.05) is 0 Å². The minimum Gasteiger partial charge on any atom is -0.265 e. The van der Waals surface area contributed by atoms with Crippen LogP contribution in [0, 0.1) is 5.92 Å². The molecular formula is C8H9BrN2. The zero-order valence-corrected chi connectivity index (χ0v) is 7.71. The van der Waals surface area contributed by atoms with Gasteiger partial charge in [0.15, 0.2) is 0 Å². The number of halogens is 1. The Kier molecular flexibility index (Phi) is 0.969. The molecule has 0 radical (unpaired) electrons. The van der Waals surface area contributed by atoms with Crippen molar-refractivity contribution in [1.82, 2.24) is 9.78 Å². The first kappa shape index (κ1) is 6.23. The van der Waals surface area contributed by atoms with Crippen molar-refractivity contribution in [3.63, 3.8) is 0 Å². The van der Waals surface area contributed by atoms with Crippen molar-refractivity contribution in [1.29, 1.82) is 0 Å². The Morgan fingerprint density at radius 1 is 1.55 bits per heavy atom. The first-order valence-electron chi connectivity index (χ1n) is 3.99. The predicted molar refractivity (Wildman–Crippen MR) is 45.2 cm³/mol. The quantitative estimate of drug-likeness (QED) is 0.698. The zero-order chi connectivity index (χ0) is 7.47. The predicted octanol–water partition coefficient (Wildman–Crippen LogP) is 2.15. The van der Waals surface area contributed by atoms with Crippen LogP contribution < -0.4 is 0 Å². The topological polar surface area (TPSA) is 17.8 Å². The minimum absolute atomic E-state index is 0.455. The highest BCUT2D eigenvalue weighted by atomic mass is 79.9. The molecule has 2 bridgehead atoms. The molecule has 0 aliphatic heterocycles. The van der Waals surface area contributed by atoms with Gasteiger partial charge in [-0.15, -0.1) is 0 Å². The van der Waals surface area contributed by atoms with E-state index >= 15 is 0 Å². The highest BCUT2D eigenvalue weighted by Gasteiger charge is 2.58. The highest BCUT2D eigenvalue weighted by Crippen LogP contribution is 2.61. The normalized spacial score (nSPS) is 39.5. The second-order valence-corrected chi connectivity index (χ2v) is 4.72. The van der Waals surface area contributed by atoms with Crippen molar-refractivity contribution in [2.24, 2.45) is 5.92 Å². The Morgan fingerprint density at radius 2 is 2.27 bits per heavy atom. The molecule has 3 aliphatic carbocycles. The Labute approximate surface area is 73.7 Å². The molecule has 3 aliphatic rings. The number of hydrogen-bond donors (Lipinski definition) is 0. The third kappa shape index (κ3) is 0.650. The third-order valence-corrected chi connectivity index (χ3v) is 3.45. The summed E-state index contributed by atoms with van der Waals surface area (Å²) in [5.74, 6) is 1.03. The fraction of sp³-hybridized carbons (Fsp3) is 0.625. The molecule has 0 saturated heterocycles. The van der Waals surface area contributed by atoms with Crippen molar-refractivity contribution < 1.29 is 0 Å². The molecule has 11 heavy (non-hydrogen) atoms. The summed E-state index contributed by atoms with van der Waals surface area (Å²) in [5.41, 5.74) is 0.455. The summed E-state index contributed by atoms with van der Waals surface area (Å²) in [6, 6.07) is 0. The summed E-state index contributed by atoms with van der Waals surface area (Å²) in [7, 11) is 0. The SMILES string of the molecule is Brc1cnn(C23CC(C2)C3)c1. The van der Waals surface area contributed by atoms with E-state index in [0.29, 0.717) is 5.54 Å². The van der Waals surface area contributed by atoms with Crippen LogP contribution in [0.4, 0.5) is 0 Å². The van der Waals surface area contributed by atoms with Gasteiger partial charge in [-0.05, 0) is 41.1 Å². The fourth-order valence-corrected chi connectivity index (χ4v) is 2.56. The van der Waals surface area contributed by atoms with Crippen molar-refractivity contribution in [2.45, 2.75) is 24.8 Å². The molecule has 1 aromatic heterocycles. The van der Waals surface area contributed by atoms with Crippen LogP contribution in [0.5, 0.6) is 0 Å². The van der Waals surface area contributed by atoms with E-state index in [0.717, 1.165) is 10.4 Å². The van der Waals surface area contributed by atoms with E-state index in [2.05, 4.69) is 31.9 Å². The highest BCUT2D eigenvalue weighted by molar-refractivity contribution is 9.10. The van der Waals surface area contributed by atoms with Crippen LogP contribution in [0.3, 0.4) is 0 Å². The van der Waals surface area contributed by atoms with E-state index in [4.69, 9.17) is 0 Å². The summed E-state index contributed by atoms with van der Waals surface area (Å²) < 4.78 is 3.24. The second kappa shape index (κ2) is 1.71. The Hall–Kier alpha value is -0.310. The molecule has 0 aromatic carbocycles. The maximum Gasteiger partial charge on any atom is 0.0636 e. The van der Waals surface area contributed by atoms with Gasteiger partial charge in [0, 0.05) is 6.20 Å². The summed E-state index contributed by atoms with van der Waals surface area (Å²) in [5, 5.41) is 4.32. The molecule has 1 aromatic rings. The van der Waals surface area contributed by atoms with Crippen LogP contribution in [-0.2, 0) is 5.54 Å². The van der Waals surface area contributed by atoms with Crippen LogP contribution >= 0.6 is 15.9 Å². The standard InChI is InChI=1S/C8H9BrN2/c9-7-4-10-11(5-7)8-1-6(2-8)3-8/h4-6H,1-3H2. The smallest absolute Gasteiger partial charge is 0.0636 e. The molecule has 4 rings (SSSR count). The summed E-state index contributed by atoms with van der Waals surface area (Å²) in [6.07, 6.45) is 8.05. The molecule has 0 amide bonds. The molecule has 3 saturated carbocycles. The molecule has 0 unspecified atom stereocenters. The van der Waals surface area contributed by atoms with Gasteiger partial charge in [-0.25, -0.2) is 0 Å². The van der Waals surface area contributed by atoms with Gasteiger partial charge in [0.25, 0.3) is 0 Å². The second-order valence-electron chi connectivity index (χ2n) is 3.81. The molecule has 3 heteroatoms. The molecule has 0 spiro atoms. The van der Waals surface area contributed by atoms with E-state index in [1.807, 2.05) is 6.20 Å². The lowest BCUT2D eigenvalue weighted by Gasteiger charge is -2.61. The van der Waals surface area contributed by atoms with Crippen molar-refractivity contribution in [3.05, 3.63) is 16.9 Å². The Morgan fingerprint density at radius 3 is 2.64 bits per heavy atom. The van der Waals surface area contributed by atoms with Crippen LogP contribution in [-0.4, -0.2) is 9.78 Å². The molecule has 58 valence electrons. The molecule has 1 heterocycles. The van der Waals surface area contributed by atoms with E-state index in [1.54, 1.807) is 0 Å². The van der Waals surface area contributed by atoms with Gasteiger partial charge < -0.3 is 0 Å². The van der Waals surface area contributed by atoms with Gasteiger partial charge in [0.2, 0.25) is 0 Å². The lowest BCUT2D eigenvalue weighted by atomic mass is 9.50. The van der Waals surface area contributed by atoms with E-state index < -0.39 is 0 Å². The Balaban J connectivity index is 1.99. The Bertz CT molecular complexity index is 288. The molecule has 0 atom stereocenters. The minimum atomic E-state index is 0.455. The molecule has 2 nitrogen and oxygen atoms in total. The van der Waals surface area contributed by atoms with Gasteiger partial charge in [-0.2, -0.15) is 5.10 Å². The monoisotopic (exact) mass is 212 g/mol. The lowest BCUT2D eigenvalue weighted by molar-refractivity contribution is -0.0978. The molecule has 3 fully saturated rings. The van der Waals surface area contributed by atoms with Gasteiger partial charge in [0.05, 0.1) is 16.2 Å². The van der Waals surface area contributed by atoms with Crippen LogP contribution in [0.15, 0.2) is 16.9 Å². The average Bonchev–Trinajstić information content (AvgIpc) is 2.06. The van der Waals surface area contributed by atoms with Gasteiger partial charge >= 0.3 is 0 Å². The largest absolute Gasteiger partial charge is 0.265 e. The van der Waals surface area contributed by atoms with Crippen LogP contribution in [0.1, 0.15) is 19.3 Å². The van der Waals surface area contributed by atoms with Crippen molar-refractivity contribution >= 4 is 15.9 Å². The van der Waals surface area contributed by atoms with Gasteiger partial charge in [-0.3, -0.25) is 4.68 Å². The van der Waals surface area contributed by atoms with Gasteiger partial charge in [0.1, 0.15) is 0 Å². The fourth-order valence-electron chi connectivity index (χ4n) is 2.27. The van der Waals surface area contributed by atoms with E-state index in [-0.39, 0.29) is 0 Å². The first-order valence-corrected chi connectivity index (χ1v) is 4.78. The first-order chi connectivity index (χ1) is 5.28. The van der Waals surface area contributed by atoms with Crippen LogP contribution in [0.25, 0.3) is 0 Å². The van der Waals surface area contributed by atoms with Crippen molar-refractivity contribution in [3.8, 4) is 0 Å². The third-order valence-electron chi connectivity index (χ3n) is 3.04. The number of aromatic nitrogens is 2. The maximum atomic E-state index is 4.32. The number of rotatable bonds is 1. The molecular weight excluding hydrogens is 204 g/mol. The summed E-state index contributed by atoms with van der Waals surface area (Å²) >= 11 is 3.41. The maximum absolute atomic E-state index is 4.32. The number of hydrogen-bond acceptors (Lipinski definition) is 1. The van der Waals surface area contributed by atoms with Crippen LogP contribution in [0.2, 0.25) is 0 Å². The number of nitrogens with zero attached hydrogens (tertiary/aromatic N) is 2. The summed E-state index contributed by atoms with van der Waals surface area (Å²) in [4.78, 5) is 0. The zero-order valence-electron chi connectivity index (χ0n) is 6.13. The van der Waals surface area contributed by atoms with E-state index in [1.165, 1.54) is 19.3 Å². The summed E-state index contributed by atoms with van der Waals surface area (Å²) in [6.45, 7) is 0. The lowest BCUT2D eigenvalue weighted by Crippen LogP contribution is -2.59.